The summed E-state index contributed by atoms with van der Waals surface area (Å²) in [4.78, 5) is 33.6. The van der Waals surface area contributed by atoms with Crippen LogP contribution < -0.4 is 0 Å². The molecule has 0 saturated carbocycles. The van der Waals surface area contributed by atoms with E-state index in [1.807, 2.05) is 71.3 Å². The zero-order chi connectivity index (χ0) is 18.8. The van der Waals surface area contributed by atoms with E-state index in [-0.39, 0.29) is 11.8 Å². The summed E-state index contributed by atoms with van der Waals surface area (Å²) in [6.07, 6.45) is 1.73. The molecule has 136 valence electrons. The first-order chi connectivity index (χ1) is 13.1. The molecule has 0 bridgehead atoms. The minimum Gasteiger partial charge on any atom is -0.335 e. The van der Waals surface area contributed by atoms with Gasteiger partial charge >= 0.3 is 0 Å². The number of piperazine rings is 1. The molecule has 5 nitrogen and oxygen atoms in total. The standard InChI is InChI=1S/C22H21N3O2/c1-16-7-9-17(10-8-16)21(26)24-12-14-25(15-13-24)22(27)19-4-2-6-20-18(19)5-3-11-23-20/h2-11H,12-15H2,1H3. The number of hydrogen-bond donors (Lipinski definition) is 0. The normalized spacial score (nSPS) is 14.4. The maximum absolute atomic E-state index is 13.0. The molecule has 1 fully saturated rings. The Morgan fingerprint density at radius 3 is 2.19 bits per heavy atom. The second-order valence-electron chi connectivity index (χ2n) is 6.83. The molecular formula is C22H21N3O2. The summed E-state index contributed by atoms with van der Waals surface area (Å²) < 4.78 is 0. The number of benzene rings is 2. The number of carbonyl (C=O) groups is 2. The van der Waals surface area contributed by atoms with Crippen LogP contribution in [0.1, 0.15) is 26.3 Å². The van der Waals surface area contributed by atoms with Gasteiger partial charge in [0, 0.05) is 48.9 Å². The maximum Gasteiger partial charge on any atom is 0.254 e. The summed E-state index contributed by atoms with van der Waals surface area (Å²) in [6, 6.07) is 17.0. The van der Waals surface area contributed by atoms with Crippen LogP contribution in [0.3, 0.4) is 0 Å². The van der Waals surface area contributed by atoms with E-state index >= 15 is 0 Å². The van der Waals surface area contributed by atoms with Gasteiger partial charge in [0.1, 0.15) is 0 Å². The van der Waals surface area contributed by atoms with E-state index in [4.69, 9.17) is 0 Å². The first kappa shape index (κ1) is 17.2. The molecule has 1 aliphatic rings. The average Bonchev–Trinajstić information content (AvgIpc) is 2.73. The lowest BCUT2D eigenvalue weighted by molar-refractivity contribution is 0.0536. The van der Waals surface area contributed by atoms with Crippen molar-refractivity contribution >= 4 is 22.7 Å². The van der Waals surface area contributed by atoms with Gasteiger partial charge in [-0.2, -0.15) is 0 Å². The Morgan fingerprint density at radius 2 is 1.48 bits per heavy atom. The number of nitrogens with zero attached hydrogens (tertiary/aromatic N) is 3. The first-order valence-corrected chi connectivity index (χ1v) is 9.12. The SMILES string of the molecule is Cc1ccc(C(=O)N2CCN(C(=O)c3cccc4ncccc34)CC2)cc1. The number of pyridine rings is 1. The Bertz CT molecular complexity index is 985. The van der Waals surface area contributed by atoms with Crippen LogP contribution in [0.25, 0.3) is 10.9 Å². The highest BCUT2D eigenvalue weighted by Crippen LogP contribution is 2.19. The molecular weight excluding hydrogens is 338 g/mol. The highest BCUT2D eigenvalue weighted by Gasteiger charge is 2.26. The molecule has 5 heteroatoms. The molecule has 0 N–H and O–H groups in total. The second kappa shape index (κ2) is 7.19. The zero-order valence-electron chi connectivity index (χ0n) is 15.3. The third-order valence-electron chi connectivity index (χ3n) is 5.03. The molecule has 1 aliphatic heterocycles. The lowest BCUT2D eigenvalue weighted by Crippen LogP contribution is -2.50. The van der Waals surface area contributed by atoms with Crippen LogP contribution in [0, 0.1) is 6.92 Å². The van der Waals surface area contributed by atoms with Gasteiger partial charge in [0.25, 0.3) is 11.8 Å². The number of fused-ring (bicyclic) bond motifs is 1. The molecule has 2 heterocycles. The number of rotatable bonds is 2. The molecule has 27 heavy (non-hydrogen) atoms. The van der Waals surface area contributed by atoms with Crippen molar-refractivity contribution in [3.63, 3.8) is 0 Å². The highest BCUT2D eigenvalue weighted by atomic mass is 16.2. The third-order valence-corrected chi connectivity index (χ3v) is 5.03. The first-order valence-electron chi connectivity index (χ1n) is 9.12. The fourth-order valence-corrected chi connectivity index (χ4v) is 3.45. The van der Waals surface area contributed by atoms with Gasteiger partial charge in [-0.05, 0) is 37.3 Å². The molecule has 0 atom stereocenters. The third kappa shape index (κ3) is 3.40. The van der Waals surface area contributed by atoms with Crippen molar-refractivity contribution in [2.45, 2.75) is 6.92 Å². The molecule has 4 rings (SSSR count). The van der Waals surface area contributed by atoms with Crippen LogP contribution in [-0.2, 0) is 0 Å². The Morgan fingerprint density at radius 1 is 0.815 bits per heavy atom. The quantitative estimate of drug-likeness (QED) is 0.706. The van der Waals surface area contributed by atoms with Crippen LogP contribution in [0.4, 0.5) is 0 Å². The molecule has 2 aromatic carbocycles. The minimum absolute atomic E-state index is 0.00367. The summed E-state index contributed by atoms with van der Waals surface area (Å²) in [5.41, 5.74) is 3.31. The van der Waals surface area contributed by atoms with Gasteiger partial charge in [0.05, 0.1) is 5.52 Å². The van der Waals surface area contributed by atoms with E-state index in [1.54, 1.807) is 6.20 Å². The van der Waals surface area contributed by atoms with Crippen molar-refractivity contribution in [3.8, 4) is 0 Å². The zero-order valence-corrected chi connectivity index (χ0v) is 15.3. The maximum atomic E-state index is 13.0. The fourth-order valence-electron chi connectivity index (χ4n) is 3.45. The average molecular weight is 359 g/mol. The van der Waals surface area contributed by atoms with Crippen molar-refractivity contribution < 1.29 is 9.59 Å². The number of hydrogen-bond acceptors (Lipinski definition) is 3. The van der Waals surface area contributed by atoms with E-state index in [0.29, 0.717) is 37.3 Å². The van der Waals surface area contributed by atoms with Crippen molar-refractivity contribution in [1.29, 1.82) is 0 Å². The van der Waals surface area contributed by atoms with Crippen LogP contribution >= 0.6 is 0 Å². The Kier molecular flexibility index (Phi) is 4.59. The Balaban J connectivity index is 1.46. The monoisotopic (exact) mass is 359 g/mol. The highest BCUT2D eigenvalue weighted by molar-refractivity contribution is 6.06. The van der Waals surface area contributed by atoms with Gasteiger partial charge in [-0.3, -0.25) is 14.6 Å². The number of amides is 2. The number of aromatic nitrogens is 1. The fraction of sp³-hybridized carbons (Fsp3) is 0.227. The predicted octanol–water partition coefficient (Wildman–Crippen LogP) is 3.14. The van der Waals surface area contributed by atoms with E-state index < -0.39 is 0 Å². The van der Waals surface area contributed by atoms with Crippen molar-refractivity contribution in [1.82, 2.24) is 14.8 Å². The summed E-state index contributed by atoms with van der Waals surface area (Å²) in [5, 5.41) is 0.864. The lowest BCUT2D eigenvalue weighted by Gasteiger charge is -2.35. The topological polar surface area (TPSA) is 53.5 Å². The minimum atomic E-state index is -0.00367. The predicted molar refractivity (Wildman–Crippen MR) is 105 cm³/mol. The number of aryl methyl sites for hydroxylation is 1. The van der Waals surface area contributed by atoms with E-state index in [9.17, 15) is 9.59 Å². The van der Waals surface area contributed by atoms with E-state index in [0.717, 1.165) is 16.5 Å². The lowest BCUT2D eigenvalue weighted by atomic mass is 10.1. The molecule has 2 amide bonds. The van der Waals surface area contributed by atoms with Gasteiger partial charge in [0.15, 0.2) is 0 Å². The van der Waals surface area contributed by atoms with E-state index in [2.05, 4.69) is 4.98 Å². The molecule has 1 aromatic heterocycles. The van der Waals surface area contributed by atoms with Crippen LogP contribution in [0.5, 0.6) is 0 Å². The Labute approximate surface area is 158 Å². The summed E-state index contributed by atoms with van der Waals surface area (Å²) in [5.74, 6) is 0.0208. The smallest absolute Gasteiger partial charge is 0.254 e. The van der Waals surface area contributed by atoms with Crippen LogP contribution in [0.2, 0.25) is 0 Å². The molecule has 0 spiro atoms. The molecule has 1 saturated heterocycles. The largest absolute Gasteiger partial charge is 0.335 e. The molecule has 0 aliphatic carbocycles. The van der Waals surface area contributed by atoms with Gasteiger partial charge in [-0.1, -0.05) is 29.8 Å². The van der Waals surface area contributed by atoms with Crippen molar-refractivity contribution in [2.24, 2.45) is 0 Å². The molecule has 0 unspecified atom stereocenters. The van der Waals surface area contributed by atoms with Crippen LogP contribution in [0.15, 0.2) is 60.8 Å². The summed E-state index contributed by atoms with van der Waals surface area (Å²) in [6.45, 7) is 4.16. The second-order valence-corrected chi connectivity index (χ2v) is 6.83. The summed E-state index contributed by atoms with van der Waals surface area (Å²) >= 11 is 0. The van der Waals surface area contributed by atoms with Gasteiger partial charge < -0.3 is 9.80 Å². The van der Waals surface area contributed by atoms with Crippen molar-refractivity contribution in [3.05, 3.63) is 77.5 Å². The van der Waals surface area contributed by atoms with Gasteiger partial charge in [-0.25, -0.2) is 0 Å². The summed E-state index contributed by atoms with van der Waals surface area (Å²) in [7, 11) is 0. The van der Waals surface area contributed by atoms with Crippen molar-refractivity contribution in [2.75, 3.05) is 26.2 Å². The Hall–Kier alpha value is -3.21. The van der Waals surface area contributed by atoms with Crippen LogP contribution in [-0.4, -0.2) is 52.8 Å². The number of carbonyl (C=O) groups excluding carboxylic acids is 2. The van der Waals surface area contributed by atoms with Gasteiger partial charge in [-0.15, -0.1) is 0 Å². The van der Waals surface area contributed by atoms with Gasteiger partial charge in [0.2, 0.25) is 0 Å². The molecule has 0 radical (unpaired) electrons. The van der Waals surface area contributed by atoms with E-state index in [1.165, 1.54) is 0 Å². The molecule has 3 aromatic rings.